The first-order valence-electron chi connectivity index (χ1n) is 7.70. The van der Waals surface area contributed by atoms with Gasteiger partial charge in [0.15, 0.2) is 0 Å². The van der Waals surface area contributed by atoms with Crippen LogP contribution >= 0.6 is 0 Å². The minimum atomic E-state index is -4.73. The summed E-state index contributed by atoms with van der Waals surface area (Å²) in [5.41, 5.74) is 6.00. The number of nitrogens with two attached hydrogens (primary N) is 1. The molecule has 0 saturated carbocycles. The number of para-hydroxylation sites is 1. The highest BCUT2D eigenvalue weighted by Gasteiger charge is 2.32. The Morgan fingerprint density at radius 2 is 1.91 bits per heavy atom. The van der Waals surface area contributed by atoms with Crippen LogP contribution in [0.25, 0.3) is 0 Å². The number of likely N-dealkylation sites (tertiary alicyclic amines) is 1. The number of benzene rings is 1. The van der Waals surface area contributed by atoms with Gasteiger partial charge in [-0.25, -0.2) is 0 Å². The van der Waals surface area contributed by atoms with Crippen LogP contribution in [0.1, 0.15) is 24.8 Å². The molecule has 1 aliphatic heterocycles. The lowest BCUT2D eigenvalue weighted by Crippen LogP contribution is -2.40. The summed E-state index contributed by atoms with van der Waals surface area (Å²) in [6, 6.07) is 5.93. The van der Waals surface area contributed by atoms with E-state index in [4.69, 9.17) is 5.73 Å². The van der Waals surface area contributed by atoms with Gasteiger partial charge < -0.3 is 15.4 Å². The molecular formula is C16H21F3N2O2. The zero-order chi connectivity index (χ0) is 16.9. The topological polar surface area (TPSA) is 55.6 Å². The Labute approximate surface area is 133 Å². The molecule has 0 spiro atoms. The Hall–Kier alpha value is -1.76. The zero-order valence-corrected chi connectivity index (χ0v) is 12.8. The minimum absolute atomic E-state index is 0.0396. The molecule has 1 heterocycles. The molecule has 2 rings (SSSR count). The van der Waals surface area contributed by atoms with Crippen molar-refractivity contribution in [2.45, 2.75) is 32.0 Å². The maximum Gasteiger partial charge on any atom is 0.573 e. The summed E-state index contributed by atoms with van der Waals surface area (Å²) in [5.74, 6) is 0.178. The van der Waals surface area contributed by atoms with Gasteiger partial charge in [-0.1, -0.05) is 18.2 Å². The summed E-state index contributed by atoms with van der Waals surface area (Å²) in [7, 11) is 0. The summed E-state index contributed by atoms with van der Waals surface area (Å²) < 4.78 is 41.1. The van der Waals surface area contributed by atoms with Gasteiger partial charge in [0.1, 0.15) is 5.75 Å². The third-order valence-electron chi connectivity index (χ3n) is 4.11. The number of halogens is 3. The van der Waals surface area contributed by atoms with E-state index in [-0.39, 0.29) is 24.5 Å². The van der Waals surface area contributed by atoms with Crippen molar-refractivity contribution in [2.24, 2.45) is 11.7 Å². The number of nitrogens with zero attached hydrogens (tertiary/aromatic N) is 1. The summed E-state index contributed by atoms with van der Waals surface area (Å²) >= 11 is 0. The highest BCUT2D eigenvalue weighted by Crippen LogP contribution is 2.27. The van der Waals surface area contributed by atoms with E-state index in [0.29, 0.717) is 31.1 Å². The van der Waals surface area contributed by atoms with Crippen LogP contribution in [-0.2, 0) is 11.2 Å². The molecule has 0 radical (unpaired) electrons. The first kappa shape index (κ1) is 17.6. The molecule has 1 aromatic rings. The number of alkyl halides is 3. The fourth-order valence-electron chi connectivity index (χ4n) is 2.75. The number of piperidine rings is 1. The van der Waals surface area contributed by atoms with E-state index >= 15 is 0 Å². The van der Waals surface area contributed by atoms with Crippen molar-refractivity contribution in [2.75, 3.05) is 19.6 Å². The molecule has 0 atom stereocenters. The van der Waals surface area contributed by atoms with Crippen LogP contribution in [-0.4, -0.2) is 36.8 Å². The fraction of sp³-hybridized carbons (Fsp3) is 0.562. The maximum absolute atomic E-state index is 12.4. The first-order valence-corrected chi connectivity index (χ1v) is 7.70. The number of carbonyl (C=O) groups is 1. The van der Waals surface area contributed by atoms with Gasteiger partial charge >= 0.3 is 6.36 Å². The Morgan fingerprint density at radius 3 is 2.52 bits per heavy atom. The number of amides is 1. The predicted molar refractivity (Wildman–Crippen MR) is 79.8 cm³/mol. The minimum Gasteiger partial charge on any atom is -0.406 e. The molecule has 1 saturated heterocycles. The van der Waals surface area contributed by atoms with Crippen molar-refractivity contribution in [1.29, 1.82) is 0 Å². The Morgan fingerprint density at radius 1 is 1.26 bits per heavy atom. The number of aryl methyl sites for hydroxylation is 1. The van der Waals surface area contributed by atoms with E-state index in [1.54, 1.807) is 17.0 Å². The fourth-order valence-corrected chi connectivity index (χ4v) is 2.75. The van der Waals surface area contributed by atoms with Crippen molar-refractivity contribution in [3.63, 3.8) is 0 Å². The molecule has 128 valence electrons. The molecule has 1 amide bonds. The average molecular weight is 330 g/mol. The van der Waals surface area contributed by atoms with Gasteiger partial charge in [0.05, 0.1) is 0 Å². The molecule has 1 aromatic carbocycles. The average Bonchev–Trinajstić information content (AvgIpc) is 2.52. The van der Waals surface area contributed by atoms with Crippen LogP contribution in [0.2, 0.25) is 0 Å². The zero-order valence-electron chi connectivity index (χ0n) is 12.8. The van der Waals surface area contributed by atoms with E-state index in [1.165, 1.54) is 12.1 Å². The standard InChI is InChI=1S/C16H21F3N2O2/c17-16(18,19)23-14-4-2-1-3-13(14)5-6-15(22)21-9-7-12(11-20)8-10-21/h1-4,12H,5-11,20H2. The summed E-state index contributed by atoms with van der Waals surface area (Å²) in [6.07, 6.45) is -2.57. The lowest BCUT2D eigenvalue weighted by Gasteiger charge is -2.31. The van der Waals surface area contributed by atoms with E-state index in [0.717, 1.165) is 12.8 Å². The molecule has 0 aromatic heterocycles. The summed E-state index contributed by atoms with van der Waals surface area (Å²) in [4.78, 5) is 14.0. The van der Waals surface area contributed by atoms with Crippen molar-refractivity contribution in [3.8, 4) is 5.75 Å². The smallest absolute Gasteiger partial charge is 0.406 e. The predicted octanol–water partition coefficient (Wildman–Crippen LogP) is 2.72. The van der Waals surface area contributed by atoms with Crippen molar-refractivity contribution in [1.82, 2.24) is 4.90 Å². The molecular weight excluding hydrogens is 309 g/mol. The van der Waals surface area contributed by atoms with E-state index in [1.807, 2.05) is 0 Å². The molecule has 0 aliphatic carbocycles. The van der Waals surface area contributed by atoms with Crippen molar-refractivity contribution < 1.29 is 22.7 Å². The number of carbonyl (C=O) groups excluding carboxylic acids is 1. The summed E-state index contributed by atoms with van der Waals surface area (Å²) in [5, 5.41) is 0. The van der Waals surface area contributed by atoms with Crippen LogP contribution < -0.4 is 10.5 Å². The Balaban J connectivity index is 1.90. The molecule has 1 aliphatic rings. The monoisotopic (exact) mass is 330 g/mol. The van der Waals surface area contributed by atoms with Crippen molar-refractivity contribution in [3.05, 3.63) is 29.8 Å². The van der Waals surface area contributed by atoms with Gasteiger partial charge in [0.2, 0.25) is 5.91 Å². The summed E-state index contributed by atoms with van der Waals surface area (Å²) in [6.45, 7) is 1.97. The lowest BCUT2D eigenvalue weighted by molar-refractivity contribution is -0.274. The molecule has 23 heavy (non-hydrogen) atoms. The van der Waals surface area contributed by atoms with Crippen LogP contribution in [0.3, 0.4) is 0 Å². The SMILES string of the molecule is NCC1CCN(C(=O)CCc2ccccc2OC(F)(F)F)CC1. The van der Waals surface area contributed by atoms with Gasteiger partial charge in [0.25, 0.3) is 0 Å². The molecule has 0 unspecified atom stereocenters. The number of hydrogen-bond donors (Lipinski definition) is 1. The van der Waals surface area contributed by atoms with Gasteiger partial charge in [0, 0.05) is 19.5 Å². The van der Waals surface area contributed by atoms with Crippen LogP contribution in [0.5, 0.6) is 5.75 Å². The second-order valence-corrected chi connectivity index (χ2v) is 5.72. The normalized spacial score (nSPS) is 16.4. The van der Waals surface area contributed by atoms with Gasteiger partial charge in [-0.3, -0.25) is 4.79 Å². The highest BCUT2D eigenvalue weighted by atomic mass is 19.4. The highest BCUT2D eigenvalue weighted by molar-refractivity contribution is 5.76. The largest absolute Gasteiger partial charge is 0.573 e. The van der Waals surface area contributed by atoms with Crippen LogP contribution in [0, 0.1) is 5.92 Å². The van der Waals surface area contributed by atoms with E-state index < -0.39 is 6.36 Å². The number of rotatable bonds is 5. The first-order chi connectivity index (χ1) is 10.9. The molecule has 2 N–H and O–H groups in total. The number of hydrogen-bond acceptors (Lipinski definition) is 3. The molecule has 0 bridgehead atoms. The second kappa shape index (κ2) is 7.68. The molecule has 7 heteroatoms. The van der Waals surface area contributed by atoms with E-state index in [9.17, 15) is 18.0 Å². The van der Waals surface area contributed by atoms with Gasteiger partial charge in [-0.05, 0) is 43.4 Å². The second-order valence-electron chi connectivity index (χ2n) is 5.72. The van der Waals surface area contributed by atoms with Crippen molar-refractivity contribution >= 4 is 5.91 Å². The maximum atomic E-state index is 12.4. The molecule has 4 nitrogen and oxygen atoms in total. The third-order valence-corrected chi connectivity index (χ3v) is 4.11. The molecule has 1 fully saturated rings. The third kappa shape index (κ3) is 5.42. The number of ether oxygens (including phenoxy) is 1. The lowest BCUT2D eigenvalue weighted by atomic mass is 9.96. The Kier molecular flexibility index (Phi) is 5.87. The van der Waals surface area contributed by atoms with Crippen LogP contribution in [0.15, 0.2) is 24.3 Å². The van der Waals surface area contributed by atoms with Crippen LogP contribution in [0.4, 0.5) is 13.2 Å². The van der Waals surface area contributed by atoms with Gasteiger partial charge in [-0.2, -0.15) is 0 Å². The Bertz CT molecular complexity index is 526. The van der Waals surface area contributed by atoms with Gasteiger partial charge in [-0.15, -0.1) is 13.2 Å². The van der Waals surface area contributed by atoms with E-state index in [2.05, 4.69) is 4.74 Å². The quantitative estimate of drug-likeness (QED) is 0.903.